The third-order valence-electron chi connectivity index (χ3n) is 2.19. The lowest BCUT2D eigenvalue weighted by Crippen LogP contribution is -2.42. The van der Waals surface area contributed by atoms with Crippen molar-refractivity contribution in [2.45, 2.75) is 26.8 Å². The molecule has 0 fully saturated rings. The Morgan fingerprint density at radius 2 is 1.30 bits per heavy atom. The zero-order valence-electron chi connectivity index (χ0n) is 8.05. The predicted octanol–water partition coefficient (Wildman–Crippen LogP) is 1.44. The fourth-order valence-corrected chi connectivity index (χ4v) is 0.796. The maximum atomic E-state index is 2.24. The summed E-state index contributed by atoms with van der Waals surface area (Å²) in [7, 11) is 6.25. The van der Waals surface area contributed by atoms with Crippen LogP contribution < -0.4 is 0 Å². The molecule has 0 N–H and O–H groups in total. The van der Waals surface area contributed by atoms with E-state index in [0.29, 0.717) is 12.0 Å². The normalized spacial score (nSPS) is 15.3. The summed E-state index contributed by atoms with van der Waals surface area (Å²) in [6.45, 7) is 6.72. The molecule has 0 saturated carbocycles. The summed E-state index contributed by atoms with van der Waals surface area (Å²) in [6, 6.07) is 0.620. The molecule has 0 aromatic carbocycles. The summed E-state index contributed by atoms with van der Waals surface area (Å²) in [5.41, 5.74) is 0. The van der Waals surface area contributed by atoms with Crippen LogP contribution in [0.1, 0.15) is 20.8 Å². The van der Waals surface area contributed by atoms with E-state index in [1.807, 2.05) is 0 Å². The minimum Gasteiger partial charge on any atom is -0.248 e. The molecule has 0 aromatic heterocycles. The molecule has 0 aliphatic heterocycles. The van der Waals surface area contributed by atoms with Crippen LogP contribution in [0.15, 0.2) is 0 Å². The number of hydrogen-bond donors (Lipinski definition) is 0. The van der Waals surface area contributed by atoms with Gasteiger partial charge in [0.2, 0.25) is 0 Å². The predicted molar refractivity (Wildman–Crippen MR) is 45.8 cm³/mol. The van der Waals surface area contributed by atoms with Crippen LogP contribution in [0.5, 0.6) is 0 Å². The monoisotopic (exact) mass is 144 g/mol. The Morgan fingerprint density at radius 3 is 1.40 bits per heavy atom. The van der Waals surface area contributed by atoms with Crippen molar-refractivity contribution in [2.24, 2.45) is 5.92 Å². The molecule has 0 heterocycles. The lowest BCUT2D eigenvalue weighted by Gasteiger charge is -2.32. The van der Waals surface area contributed by atoms with Crippen LogP contribution >= 0.6 is 0 Å². The highest BCUT2D eigenvalue weighted by atomic mass is 15.6. The fourth-order valence-electron chi connectivity index (χ4n) is 0.796. The SMILES string of the molecule is CC(C)C(C)N(C)N(C)C. The van der Waals surface area contributed by atoms with Crippen LogP contribution in [0.25, 0.3) is 0 Å². The van der Waals surface area contributed by atoms with Gasteiger partial charge in [0.25, 0.3) is 0 Å². The zero-order chi connectivity index (χ0) is 8.31. The molecule has 2 heteroatoms. The Labute approximate surface area is 64.8 Å². The molecular formula is C8H20N2. The third-order valence-corrected chi connectivity index (χ3v) is 2.19. The highest BCUT2D eigenvalue weighted by molar-refractivity contribution is 4.62. The van der Waals surface area contributed by atoms with Crippen molar-refractivity contribution in [3.63, 3.8) is 0 Å². The molecule has 10 heavy (non-hydrogen) atoms. The molecule has 0 radical (unpaired) electrons. The first-order chi connectivity index (χ1) is 4.46. The maximum absolute atomic E-state index is 2.24. The van der Waals surface area contributed by atoms with E-state index in [0.717, 1.165) is 0 Å². The number of rotatable bonds is 3. The molecular weight excluding hydrogens is 124 g/mol. The average molecular weight is 144 g/mol. The van der Waals surface area contributed by atoms with Gasteiger partial charge in [-0.1, -0.05) is 13.8 Å². The van der Waals surface area contributed by atoms with Crippen molar-refractivity contribution in [1.82, 2.24) is 10.0 Å². The van der Waals surface area contributed by atoms with Gasteiger partial charge >= 0.3 is 0 Å². The van der Waals surface area contributed by atoms with Gasteiger partial charge in [-0.15, -0.1) is 0 Å². The van der Waals surface area contributed by atoms with E-state index in [2.05, 4.69) is 51.9 Å². The minimum atomic E-state index is 0.620. The first-order valence-electron chi connectivity index (χ1n) is 3.87. The summed E-state index contributed by atoms with van der Waals surface area (Å²) in [4.78, 5) is 0. The number of hydrogen-bond acceptors (Lipinski definition) is 2. The highest BCUT2D eigenvalue weighted by Crippen LogP contribution is 2.07. The molecule has 0 aromatic rings. The van der Waals surface area contributed by atoms with Gasteiger partial charge in [0.1, 0.15) is 0 Å². The largest absolute Gasteiger partial charge is 0.248 e. The van der Waals surface area contributed by atoms with E-state index in [9.17, 15) is 0 Å². The number of hydrazine groups is 1. The fraction of sp³-hybridized carbons (Fsp3) is 1.00. The summed E-state index contributed by atoms with van der Waals surface area (Å²) < 4.78 is 0. The van der Waals surface area contributed by atoms with Gasteiger partial charge in [0.05, 0.1) is 0 Å². The Balaban J connectivity index is 3.81. The van der Waals surface area contributed by atoms with Crippen molar-refractivity contribution in [1.29, 1.82) is 0 Å². The van der Waals surface area contributed by atoms with Crippen molar-refractivity contribution in [2.75, 3.05) is 21.1 Å². The van der Waals surface area contributed by atoms with Crippen molar-refractivity contribution >= 4 is 0 Å². The lowest BCUT2D eigenvalue weighted by molar-refractivity contribution is -0.000602. The van der Waals surface area contributed by atoms with Gasteiger partial charge in [-0.25, -0.2) is 10.0 Å². The molecule has 1 atom stereocenters. The second-order valence-corrected chi connectivity index (χ2v) is 3.41. The summed E-state index contributed by atoms with van der Waals surface area (Å²) >= 11 is 0. The van der Waals surface area contributed by atoms with E-state index < -0.39 is 0 Å². The van der Waals surface area contributed by atoms with Crippen molar-refractivity contribution in [3.8, 4) is 0 Å². The van der Waals surface area contributed by atoms with E-state index in [4.69, 9.17) is 0 Å². The van der Waals surface area contributed by atoms with Gasteiger partial charge in [-0.05, 0) is 12.8 Å². The van der Waals surface area contributed by atoms with Crippen LogP contribution in [0.2, 0.25) is 0 Å². The maximum Gasteiger partial charge on any atom is 0.0237 e. The summed E-state index contributed by atoms with van der Waals surface area (Å²) in [6.07, 6.45) is 0. The molecule has 0 spiro atoms. The smallest absolute Gasteiger partial charge is 0.0237 e. The van der Waals surface area contributed by atoms with E-state index >= 15 is 0 Å². The van der Waals surface area contributed by atoms with Gasteiger partial charge in [-0.3, -0.25) is 0 Å². The quantitative estimate of drug-likeness (QED) is 0.553. The Morgan fingerprint density at radius 1 is 0.900 bits per heavy atom. The zero-order valence-corrected chi connectivity index (χ0v) is 8.05. The van der Waals surface area contributed by atoms with Crippen LogP contribution in [0.3, 0.4) is 0 Å². The number of nitrogens with zero attached hydrogens (tertiary/aromatic N) is 2. The molecule has 0 aliphatic carbocycles. The average Bonchev–Trinajstić information content (AvgIpc) is 1.84. The third kappa shape index (κ3) is 2.67. The lowest BCUT2D eigenvalue weighted by atomic mass is 10.1. The Kier molecular flexibility index (Phi) is 3.91. The van der Waals surface area contributed by atoms with Crippen LogP contribution in [-0.2, 0) is 0 Å². The minimum absolute atomic E-state index is 0.620. The molecule has 2 nitrogen and oxygen atoms in total. The molecule has 62 valence electrons. The highest BCUT2D eigenvalue weighted by Gasteiger charge is 2.13. The molecule has 0 aliphatic rings. The van der Waals surface area contributed by atoms with Gasteiger partial charge in [0, 0.05) is 27.2 Å². The topological polar surface area (TPSA) is 6.48 Å². The van der Waals surface area contributed by atoms with Crippen LogP contribution in [0, 0.1) is 5.92 Å². The molecule has 0 bridgehead atoms. The van der Waals surface area contributed by atoms with E-state index in [1.165, 1.54) is 0 Å². The van der Waals surface area contributed by atoms with Crippen LogP contribution in [0.4, 0.5) is 0 Å². The van der Waals surface area contributed by atoms with E-state index in [-0.39, 0.29) is 0 Å². The van der Waals surface area contributed by atoms with Crippen molar-refractivity contribution in [3.05, 3.63) is 0 Å². The standard InChI is InChI=1S/C8H20N2/c1-7(2)8(3)10(6)9(4)5/h7-8H,1-6H3. The first-order valence-corrected chi connectivity index (χ1v) is 3.87. The Hall–Kier alpha value is -0.0800. The van der Waals surface area contributed by atoms with Gasteiger partial charge < -0.3 is 0 Å². The molecule has 0 amide bonds. The van der Waals surface area contributed by atoms with E-state index in [1.54, 1.807) is 0 Å². The van der Waals surface area contributed by atoms with Crippen LogP contribution in [-0.4, -0.2) is 37.2 Å². The molecule has 0 rings (SSSR count). The van der Waals surface area contributed by atoms with Gasteiger partial charge in [0.15, 0.2) is 0 Å². The summed E-state index contributed by atoms with van der Waals surface area (Å²) in [5.74, 6) is 0.715. The second-order valence-electron chi connectivity index (χ2n) is 3.41. The van der Waals surface area contributed by atoms with Gasteiger partial charge in [-0.2, -0.15) is 0 Å². The first kappa shape index (κ1) is 9.92. The second kappa shape index (κ2) is 3.94. The van der Waals surface area contributed by atoms with Crippen molar-refractivity contribution < 1.29 is 0 Å². The molecule has 1 unspecified atom stereocenters. The molecule has 0 saturated heterocycles. The Bertz CT molecular complexity index is 77.3. The summed E-state index contributed by atoms with van der Waals surface area (Å²) in [5, 5.41) is 4.36.